The number of rotatable bonds is 5. The first-order valence-electron chi connectivity index (χ1n) is 5.92. The van der Waals surface area contributed by atoms with E-state index in [2.05, 4.69) is 15.3 Å². The van der Waals surface area contributed by atoms with Crippen molar-refractivity contribution in [3.8, 4) is 5.75 Å². The second kappa shape index (κ2) is 5.54. The minimum absolute atomic E-state index is 0.840. The van der Waals surface area contributed by atoms with E-state index in [0.717, 1.165) is 39.1 Å². The van der Waals surface area contributed by atoms with Gasteiger partial charge in [0.05, 0.1) is 22.3 Å². The molecule has 3 aromatic rings. The van der Waals surface area contributed by atoms with Gasteiger partial charge in [0.2, 0.25) is 0 Å². The maximum absolute atomic E-state index is 5.20. The summed E-state index contributed by atoms with van der Waals surface area (Å²) in [5.74, 6) is 0.840. The first-order chi connectivity index (χ1) is 9.35. The fourth-order valence-electron chi connectivity index (χ4n) is 1.76. The molecule has 0 bridgehead atoms. The van der Waals surface area contributed by atoms with E-state index in [-0.39, 0.29) is 0 Å². The van der Waals surface area contributed by atoms with Gasteiger partial charge in [0.1, 0.15) is 5.75 Å². The quantitative estimate of drug-likeness (QED) is 0.782. The molecule has 19 heavy (non-hydrogen) atoms. The predicted molar refractivity (Wildman–Crippen MR) is 80.5 cm³/mol. The molecule has 0 aliphatic heterocycles. The van der Waals surface area contributed by atoms with Gasteiger partial charge in [-0.15, -0.1) is 11.3 Å². The summed E-state index contributed by atoms with van der Waals surface area (Å²) < 4.78 is 6.36. The first kappa shape index (κ1) is 12.4. The standard InChI is InChI=1S/C13H13N3OS2/c1-17-9-2-3-11-10(8-9)16-13(19-11)15-5-4-12-14-6-7-18-12/h2-3,6-8H,4-5H2,1H3,(H,15,16). The van der Waals surface area contributed by atoms with Gasteiger partial charge in [-0.3, -0.25) is 0 Å². The zero-order valence-corrected chi connectivity index (χ0v) is 12.1. The van der Waals surface area contributed by atoms with Crippen LogP contribution in [0.3, 0.4) is 0 Å². The van der Waals surface area contributed by atoms with Crippen LogP contribution in [0.15, 0.2) is 29.8 Å². The number of hydrogen-bond acceptors (Lipinski definition) is 6. The Labute approximate surface area is 119 Å². The van der Waals surface area contributed by atoms with E-state index in [1.165, 1.54) is 0 Å². The Kier molecular flexibility index (Phi) is 3.61. The number of benzene rings is 1. The van der Waals surface area contributed by atoms with Gasteiger partial charge in [-0.25, -0.2) is 9.97 Å². The van der Waals surface area contributed by atoms with Gasteiger partial charge in [-0.1, -0.05) is 11.3 Å². The summed E-state index contributed by atoms with van der Waals surface area (Å²) in [5, 5.41) is 7.44. The molecule has 0 amide bonds. The van der Waals surface area contributed by atoms with Gasteiger partial charge in [-0.05, 0) is 12.1 Å². The topological polar surface area (TPSA) is 47.0 Å². The van der Waals surface area contributed by atoms with Gasteiger partial charge < -0.3 is 10.1 Å². The van der Waals surface area contributed by atoms with Gasteiger partial charge in [0.15, 0.2) is 5.13 Å². The van der Waals surface area contributed by atoms with E-state index in [1.54, 1.807) is 29.8 Å². The van der Waals surface area contributed by atoms with E-state index in [4.69, 9.17) is 4.74 Å². The molecule has 0 unspecified atom stereocenters. The molecule has 0 spiro atoms. The molecule has 0 saturated carbocycles. The van der Waals surface area contributed by atoms with Crippen molar-refractivity contribution in [1.82, 2.24) is 9.97 Å². The molecule has 0 atom stereocenters. The van der Waals surface area contributed by atoms with E-state index in [1.807, 2.05) is 29.8 Å². The van der Waals surface area contributed by atoms with Gasteiger partial charge in [0.25, 0.3) is 0 Å². The number of nitrogens with one attached hydrogen (secondary N) is 1. The summed E-state index contributed by atoms with van der Waals surface area (Å²) >= 11 is 3.34. The van der Waals surface area contributed by atoms with Crippen LogP contribution in [-0.2, 0) is 6.42 Å². The third-order valence-electron chi connectivity index (χ3n) is 2.69. The Morgan fingerprint density at radius 2 is 2.32 bits per heavy atom. The van der Waals surface area contributed by atoms with Gasteiger partial charge in [-0.2, -0.15) is 0 Å². The molecule has 6 heteroatoms. The van der Waals surface area contributed by atoms with E-state index in [9.17, 15) is 0 Å². The Morgan fingerprint density at radius 1 is 1.37 bits per heavy atom. The summed E-state index contributed by atoms with van der Waals surface area (Å²) in [7, 11) is 1.67. The van der Waals surface area contributed by atoms with E-state index in [0.29, 0.717) is 0 Å². The van der Waals surface area contributed by atoms with Crippen molar-refractivity contribution < 1.29 is 4.74 Å². The van der Waals surface area contributed by atoms with E-state index >= 15 is 0 Å². The fourth-order valence-corrected chi connectivity index (χ4v) is 3.25. The van der Waals surface area contributed by atoms with Crippen molar-refractivity contribution >= 4 is 38.0 Å². The third kappa shape index (κ3) is 2.85. The lowest BCUT2D eigenvalue weighted by atomic mass is 10.3. The van der Waals surface area contributed by atoms with Crippen molar-refractivity contribution in [2.45, 2.75) is 6.42 Å². The van der Waals surface area contributed by atoms with Crippen LogP contribution in [0.2, 0.25) is 0 Å². The molecule has 0 aliphatic carbocycles. The maximum Gasteiger partial charge on any atom is 0.183 e. The Bertz CT molecular complexity index is 664. The van der Waals surface area contributed by atoms with Crippen LogP contribution in [0.25, 0.3) is 10.2 Å². The first-order valence-corrected chi connectivity index (χ1v) is 7.61. The average Bonchev–Trinajstić information content (AvgIpc) is 3.06. The summed E-state index contributed by atoms with van der Waals surface area (Å²) in [6.45, 7) is 0.852. The smallest absolute Gasteiger partial charge is 0.183 e. The van der Waals surface area contributed by atoms with Crippen LogP contribution < -0.4 is 10.1 Å². The second-order valence-corrected chi connectivity index (χ2v) is 5.97. The molecule has 3 rings (SSSR count). The Hall–Kier alpha value is -1.66. The van der Waals surface area contributed by atoms with Crippen LogP contribution in [0.1, 0.15) is 5.01 Å². The molecule has 0 radical (unpaired) electrons. The third-order valence-corrected chi connectivity index (χ3v) is 4.53. The molecule has 4 nitrogen and oxygen atoms in total. The summed E-state index contributed by atoms with van der Waals surface area (Å²) in [5.41, 5.74) is 0.973. The zero-order valence-electron chi connectivity index (χ0n) is 10.4. The van der Waals surface area contributed by atoms with Crippen LogP contribution in [0.4, 0.5) is 5.13 Å². The molecule has 2 aromatic heterocycles. The molecule has 98 valence electrons. The number of nitrogens with zero attached hydrogens (tertiary/aromatic N) is 2. The monoisotopic (exact) mass is 291 g/mol. The molecule has 0 saturated heterocycles. The zero-order chi connectivity index (χ0) is 13.1. The van der Waals surface area contributed by atoms with Crippen molar-refractivity contribution in [3.05, 3.63) is 34.8 Å². The van der Waals surface area contributed by atoms with Crippen molar-refractivity contribution in [2.75, 3.05) is 19.0 Å². The fraction of sp³-hybridized carbons (Fsp3) is 0.231. The predicted octanol–water partition coefficient (Wildman–Crippen LogP) is 3.42. The number of anilines is 1. The van der Waals surface area contributed by atoms with E-state index < -0.39 is 0 Å². The van der Waals surface area contributed by atoms with Gasteiger partial charge >= 0.3 is 0 Å². The molecule has 1 aromatic carbocycles. The van der Waals surface area contributed by atoms with Crippen LogP contribution >= 0.6 is 22.7 Å². The lowest BCUT2D eigenvalue weighted by molar-refractivity contribution is 0.415. The van der Waals surface area contributed by atoms with Crippen molar-refractivity contribution in [2.24, 2.45) is 0 Å². The number of hydrogen-bond donors (Lipinski definition) is 1. The summed E-state index contributed by atoms with van der Waals surface area (Å²) in [6, 6.07) is 5.95. The normalized spacial score (nSPS) is 10.8. The minimum Gasteiger partial charge on any atom is -0.497 e. The number of methoxy groups -OCH3 is 1. The highest BCUT2D eigenvalue weighted by Crippen LogP contribution is 2.28. The van der Waals surface area contributed by atoms with Crippen molar-refractivity contribution in [1.29, 1.82) is 0 Å². The SMILES string of the molecule is COc1ccc2sc(NCCc3nccs3)nc2c1. The number of aromatic nitrogens is 2. The minimum atomic E-state index is 0.840. The summed E-state index contributed by atoms with van der Waals surface area (Å²) in [6.07, 6.45) is 2.76. The summed E-state index contributed by atoms with van der Waals surface area (Å²) in [4.78, 5) is 8.81. The lowest BCUT2D eigenvalue weighted by Crippen LogP contribution is -2.03. The number of thiazole rings is 2. The van der Waals surface area contributed by atoms with Crippen LogP contribution in [0, 0.1) is 0 Å². The molecular weight excluding hydrogens is 278 g/mol. The molecule has 1 N–H and O–H groups in total. The lowest BCUT2D eigenvalue weighted by Gasteiger charge is -1.98. The van der Waals surface area contributed by atoms with Crippen LogP contribution in [-0.4, -0.2) is 23.6 Å². The molecule has 2 heterocycles. The highest BCUT2D eigenvalue weighted by molar-refractivity contribution is 7.22. The number of ether oxygens (including phenoxy) is 1. The Balaban J connectivity index is 1.67. The largest absolute Gasteiger partial charge is 0.497 e. The molecular formula is C13H13N3OS2. The Morgan fingerprint density at radius 3 is 3.11 bits per heavy atom. The number of fused-ring (bicyclic) bond motifs is 1. The maximum atomic E-state index is 5.20. The molecule has 0 fully saturated rings. The highest BCUT2D eigenvalue weighted by atomic mass is 32.1. The molecule has 0 aliphatic rings. The van der Waals surface area contributed by atoms with Crippen LogP contribution in [0.5, 0.6) is 5.75 Å². The average molecular weight is 291 g/mol. The highest BCUT2D eigenvalue weighted by Gasteiger charge is 2.05. The van der Waals surface area contributed by atoms with Gasteiger partial charge in [0, 0.05) is 30.6 Å². The van der Waals surface area contributed by atoms with Crippen molar-refractivity contribution in [3.63, 3.8) is 0 Å². The second-order valence-electron chi connectivity index (χ2n) is 3.96.